The Morgan fingerprint density at radius 3 is 2.82 bits per heavy atom. The second kappa shape index (κ2) is 12.6. The van der Waals surface area contributed by atoms with E-state index in [1.165, 1.54) is 0 Å². The zero-order chi connectivity index (χ0) is 27.9. The Balaban J connectivity index is 1.62. The van der Waals surface area contributed by atoms with Gasteiger partial charge in [-0.2, -0.15) is 0 Å². The summed E-state index contributed by atoms with van der Waals surface area (Å²) in [5.41, 5.74) is 8.23. The molecule has 11 nitrogen and oxygen atoms in total. The number of ether oxygens (including phenoxy) is 2. The molecular formula is C28H36N6O5. The number of hydrogen-bond donors (Lipinski definition) is 3. The Hall–Kier alpha value is -4.12. The highest BCUT2D eigenvalue weighted by atomic mass is 16.5. The Morgan fingerprint density at radius 2 is 2.08 bits per heavy atom. The van der Waals surface area contributed by atoms with Gasteiger partial charge < -0.3 is 30.3 Å². The summed E-state index contributed by atoms with van der Waals surface area (Å²) in [6.07, 6.45) is 2.25. The molecule has 0 aliphatic carbocycles. The van der Waals surface area contributed by atoms with Crippen molar-refractivity contribution < 1.29 is 23.5 Å². The molecule has 1 aromatic carbocycles. The Labute approximate surface area is 228 Å². The molecule has 2 aromatic heterocycles. The summed E-state index contributed by atoms with van der Waals surface area (Å²) < 4.78 is 17.5. The van der Waals surface area contributed by atoms with Gasteiger partial charge in [-0.3, -0.25) is 14.5 Å². The number of methoxy groups -OCH3 is 1. The van der Waals surface area contributed by atoms with E-state index in [0.717, 1.165) is 11.1 Å². The van der Waals surface area contributed by atoms with Crippen molar-refractivity contribution in [3.8, 4) is 23.0 Å². The van der Waals surface area contributed by atoms with Gasteiger partial charge in [-0.05, 0) is 43.5 Å². The van der Waals surface area contributed by atoms with Gasteiger partial charge >= 0.3 is 0 Å². The first-order valence-corrected chi connectivity index (χ1v) is 13.0. The summed E-state index contributed by atoms with van der Waals surface area (Å²) in [5, 5.41) is 5.80. The van der Waals surface area contributed by atoms with Gasteiger partial charge in [0.2, 0.25) is 17.7 Å². The van der Waals surface area contributed by atoms with Crippen LogP contribution >= 0.6 is 0 Å². The highest BCUT2D eigenvalue weighted by molar-refractivity contribution is 5.88. The first kappa shape index (κ1) is 27.9. The van der Waals surface area contributed by atoms with Gasteiger partial charge in [0, 0.05) is 30.4 Å². The summed E-state index contributed by atoms with van der Waals surface area (Å²) in [6.45, 7) is 7.18. The van der Waals surface area contributed by atoms with E-state index < -0.39 is 6.04 Å². The summed E-state index contributed by atoms with van der Waals surface area (Å²) in [7, 11) is 1.58. The Bertz CT molecular complexity index is 1310. The summed E-state index contributed by atoms with van der Waals surface area (Å²) in [6, 6.07) is 8.47. The lowest BCUT2D eigenvalue weighted by atomic mass is 10.0. The molecule has 0 unspecified atom stereocenters. The fourth-order valence-electron chi connectivity index (χ4n) is 4.39. The minimum atomic E-state index is -0.708. The van der Waals surface area contributed by atoms with E-state index in [4.69, 9.17) is 19.6 Å². The first-order chi connectivity index (χ1) is 18.7. The molecule has 3 heterocycles. The fraction of sp³-hybridized carbons (Fsp3) is 0.429. The number of benzene rings is 1. The molecule has 1 aliphatic rings. The van der Waals surface area contributed by atoms with Crippen LogP contribution in [0.15, 0.2) is 40.9 Å². The van der Waals surface area contributed by atoms with Crippen LogP contribution in [0.4, 0.5) is 5.82 Å². The van der Waals surface area contributed by atoms with Crippen molar-refractivity contribution in [2.45, 2.75) is 46.3 Å². The zero-order valence-corrected chi connectivity index (χ0v) is 22.8. The molecule has 4 rings (SSSR count). The number of carbonyl (C=O) groups excluding carboxylic acids is 2. The molecule has 11 heteroatoms. The molecule has 2 amide bonds. The van der Waals surface area contributed by atoms with Gasteiger partial charge in [0.1, 0.15) is 23.3 Å². The van der Waals surface area contributed by atoms with Gasteiger partial charge in [0.05, 0.1) is 26.8 Å². The predicted molar refractivity (Wildman–Crippen MR) is 146 cm³/mol. The molecule has 0 saturated carbocycles. The van der Waals surface area contributed by atoms with E-state index >= 15 is 0 Å². The van der Waals surface area contributed by atoms with Gasteiger partial charge in [-0.15, -0.1) is 0 Å². The van der Waals surface area contributed by atoms with Crippen LogP contribution in [0.3, 0.4) is 0 Å². The van der Waals surface area contributed by atoms with Crippen LogP contribution in [0, 0.1) is 12.8 Å². The number of nitrogens with one attached hydrogen (secondary N) is 2. The largest absolute Gasteiger partial charge is 0.493 e. The van der Waals surface area contributed by atoms with Crippen molar-refractivity contribution in [2.24, 2.45) is 5.92 Å². The fourth-order valence-corrected chi connectivity index (χ4v) is 4.39. The maximum atomic E-state index is 13.1. The van der Waals surface area contributed by atoms with E-state index in [2.05, 4.69) is 20.6 Å². The van der Waals surface area contributed by atoms with Gasteiger partial charge in [0.25, 0.3) is 0 Å². The van der Waals surface area contributed by atoms with Crippen LogP contribution < -0.4 is 25.8 Å². The highest BCUT2D eigenvalue weighted by Gasteiger charge is 2.26. The third-order valence-corrected chi connectivity index (χ3v) is 6.56. The normalized spacial score (nSPS) is 17.5. The van der Waals surface area contributed by atoms with Crippen LogP contribution in [-0.4, -0.2) is 59.5 Å². The lowest BCUT2D eigenvalue weighted by Gasteiger charge is -2.26. The minimum Gasteiger partial charge on any atom is -0.493 e. The number of nitrogen functional groups attached to an aromatic ring is 1. The predicted octanol–water partition coefficient (Wildman–Crippen LogP) is 2.68. The molecule has 208 valence electrons. The van der Waals surface area contributed by atoms with Crippen molar-refractivity contribution in [1.29, 1.82) is 0 Å². The third kappa shape index (κ3) is 7.05. The van der Waals surface area contributed by atoms with Crippen LogP contribution in [0.25, 0.3) is 11.5 Å². The number of carbonyl (C=O) groups is 2. The molecule has 0 radical (unpaired) electrons. The third-order valence-electron chi connectivity index (χ3n) is 6.56. The molecule has 4 N–H and O–H groups in total. The number of fused-ring (bicyclic) bond motifs is 5. The van der Waals surface area contributed by atoms with Crippen LogP contribution in [-0.2, 0) is 22.7 Å². The topological polar surface area (TPSA) is 145 Å². The van der Waals surface area contributed by atoms with Crippen molar-refractivity contribution in [1.82, 2.24) is 25.5 Å². The molecular weight excluding hydrogens is 500 g/mol. The van der Waals surface area contributed by atoms with Gasteiger partial charge in [-0.25, -0.2) is 9.97 Å². The van der Waals surface area contributed by atoms with Crippen LogP contribution in [0.2, 0.25) is 0 Å². The SMILES string of the molecule is COc1ccc2cc1OCCCN(Cc1cccnc1N)CC(=O)N[C@@H](C(C)C)C(=O)NCc1nc-2oc1C. The molecule has 39 heavy (non-hydrogen) atoms. The highest BCUT2D eigenvalue weighted by Crippen LogP contribution is 2.33. The lowest BCUT2D eigenvalue weighted by Crippen LogP contribution is -2.51. The van der Waals surface area contributed by atoms with Crippen molar-refractivity contribution in [3.05, 3.63) is 53.5 Å². The minimum absolute atomic E-state index is 0.0788. The average molecular weight is 537 g/mol. The lowest BCUT2D eigenvalue weighted by molar-refractivity contribution is -0.130. The number of hydrogen-bond acceptors (Lipinski definition) is 9. The number of anilines is 1. The molecule has 0 spiro atoms. The molecule has 4 bridgehead atoms. The van der Waals surface area contributed by atoms with E-state index in [-0.39, 0.29) is 30.8 Å². The first-order valence-electron chi connectivity index (χ1n) is 13.0. The van der Waals surface area contributed by atoms with E-state index in [1.807, 2.05) is 43.0 Å². The second-order valence-corrected chi connectivity index (χ2v) is 9.85. The molecule has 0 saturated heterocycles. The van der Waals surface area contributed by atoms with Crippen LogP contribution in [0.5, 0.6) is 11.5 Å². The Kier molecular flexibility index (Phi) is 9.03. The number of rotatable bonds is 4. The number of aryl methyl sites for hydroxylation is 1. The molecule has 1 aliphatic heterocycles. The monoisotopic (exact) mass is 536 g/mol. The van der Waals surface area contributed by atoms with Crippen molar-refractivity contribution in [3.63, 3.8) is 0 Å². The number of nitrogens with zero attached hydrogens (tertiary/aromatic N) is 3. The zero-order valence-electron chi connectivity index (χ0n) is 22.8. The maximum Gasteiger partial charge on any atom is 0.243 e. The number of amides is 2. The maximum absolute atomic E-state index is 13.1. The van der Waals surface area contributed by atoms with Gasteiger partial charge in [0.15, 0.2) is 11.5 Å². The van der Waals surface area contributed by atoms with E-state index in [0.29, 0.717) is 60.8 Å². The second-order valence-electron chi connectivity index (χ2n) is 9.85. The average Bonchev–Trinajstić information content (AvgIpc) is 3.29. The van der Waals surface area contributed by atoms with Crippen LogP contribution in [0.1, 0.15) is 37.3 Å². The van der Waals surface area contributed by atoms with Crippen molar-refractivity contribution >= 4 is 17.6 Å². The molecule has 3 aromatic rings. The summed E-state index contributed by atoms with van der Waals surface area (Å²) in [5.74, 6) is 1.90. The number of nitrogens with two attached hydrogens (primary N) is 1. The molecule has 1 atom stereocenters. The summed E-state index contributed by atoms with van der Waals surface area (Å²) in [4.78, 5) is 36.9. The quantitative estimate of drug-likeness (QED) is 0.458. The standard InChI is InChI=1S/C28H36N6O5/c1-17(2)25-27(36)31-14-21-18(3)39-28(32-21)19-8-9-22(37-4)23(13-19)38-12-6-11-34(16-24(35)33-25)15-20-7-5-10-30-26(20)29/h5,7-10,13,17,25H,6,11-12,14-16H2,1-4H3,(H2,29,30)(H,31,36)(H,33,35)/t25-/m0/s1. The number of aromatic nitrogens is 2. The van der Waals surface area contributed by atoms with E-state index in [1.54, 1.807) is 26.3 Å². The molecule has 0 fully saturated rings. The van der Waals surface area contributed by atoms with Crippen molar-refractivity contribution in [2.75, 3.05) is 32.5 Å². The van der Waals surface area contributed by atoms with E-state index in [9.17, 15) is 9.59 Å². The summed E-state index contributed by atoms with van der Waals surface area (Å²) >= 11 is 0. The number of oxazole rings is 1. The number of pyridine rings is 1. The van der Waals surface area contributed by atoms with Gasteiger partial charge in [-0.1, -0.05) is 19.9 Å². The smallest absolute Gasteiger partial charge is 0.243 e. The Morgan fingerprint density at radius 1 is 1.26 bits per heavy atom.